The van der Waals surface area contributed by atoms with Gasteiger partial charge in [0.2, 0.25) is 0 Å². The molecular formula is C17H29NO. The van der Waals surface area contributed by atoms with E-state index in [0.29, 0.717) is 6.04 Å². The van der Waals surface area contributed by atoms with E-state index in [0.717, 1.165) is 31.2 Å². The van der Waals surface area contributed by atoms with Crippen LogP contribution in [0.25, 0.3) is 0 Å². The molecule has 0 saturated heterocycles. The van der Waals surface area contributed by atoms with Crippen LogP contribution >= 0.6 is 0 Å². The highest BCUT2D eigenvalue weighted by Gasteiger charge is 2.17. The van der Waals surface area contributed by atoms with Gasteiger partial charge in [0.1, 0.15) is 5.75 Å². The first-order chi connectivity index (χ1) is 9.22. The Kier molecular flexibility index (Phi) is 7.57. The molecule has 1 aromatic rings. The lowest BCUT2D eigenvalue weighted by Crippen LogP contribution is -2.24. The summed E-state index contributed by atoms with van der Waals surface area (Å²) in [5, 5.41) is 3.67. The quantitative estimate of drug-likeness (QED) is 0.705. The number of hydrogen-bond acceptors (Lipinski definition) is 2. The van der Waals surface area contributed by atoms with Gasteiger partial charge in [0.15, 0.2) is 0 Å². The van der Waals surface area contributed by atoms with Gasteiger partial charge in [-0.25, -0.2) is 0 Å². The van der Waals surface area contributed by atoms with Crippen LogP contribution in [-0.2, 0) is 0 Å². The van der Waals surface area contributed by atoms with Crippen molar-refractivity contribution < 1.29 is 4.74 Å². The van der Waals surface area contributed by atoms with Crippen LogP contribution in [0.5, 0.6) is 5.75 Å². The first-order valence-electron chi connectivity index (χ1n) is 7.67. The Morgan fingerprint density at radius 1 is 1.16 bits per heavy atom. The molecule has 2 unspecified atom stereocenters. The van der Waals surface area contributed by atoms with Crippen molar-refractivity contribution in [2.75, 3.05) is 13.2 Å². The largest absolute Gasteiger partial charge is 0.494 e. The molecule has 2 nitrogen and oxygen atoms in total. The molecule has 19 heavy (non-hydrogen) atoms. The number of ether oxygens (including phenoxy) is 1. The van der Waals surface area contributed by atoms with Gasteiger partial charge >= 0.3 is 0 Å². The molecule has 0 heterocycles. The second kappa shape index (κ2) is 8.98. The lowest BCUT2D eigenvalue weighted by atomic mass is 9.93. The molecule has 0 spiro atoms. The Bertz CT molecular complexity index is 351. The molecule has 0 bridgehead atoms. The second-order valence-electron chi connectivity index (χ2n) is 5.23. The molecule has 2 heteroatoms. The summed E-state index contributed by atoms with van der Waals surface area (Å²) in [5.41, 5.74) is 1.30. The summed E-state index contributed by atoms with van der Waals surface area (Å²) in [6.45, 7) is 10.6. The minimum absolute atomic E-state index is 0.401. The molecule has 1 aromatic carbocycles. The van der Waals surface area contributed by atoms with Crippen LogP contribution in [0.2, 0.25) is 0 Å². The maximum Gasteiger partial charge on any atom is 0.124 e. The Morgan fingerprint density at radius 2 is 1.89 bits per heavy atom. The fourth-order valence-electron chi connectivity index (χ4n) is 2.26. The molecule has 0 aliphatic rings. The van der Waals surface area contributed by atoms with E-state index >= 15 is 0 Å². The van der Waals surface area contributed by atoms with Gasteiger partial charge in [0, 0.05) is 11.6 Å². The van der Waals surface area contributed by atoms with Gasteiger partial charge in [-0.1, -0.05) is 45.4 Å². The average molecular weight is 263 g/mol. The van der Waals surface area contributed by atoms with E-state index in [9.17, 15) is 0 Å². The van der Waals surface area contributed by atoms with Crippen molar-refractivity contribution in [3.8, 4) is 5.75 Å². The molecule has 0 aromatic heterocycles. The SMILES string of the molecule is CCCNC(CC(C)CC)c1ccccc1OCC. The molecule has 1 N–H and O–H groups in total. The summed E-state index contributed by atoms with van der Waals surface area (Å²) in [6, 6.07) is 8.83. The molecule has 2 atom stereocenters. The van der Waals surface area contributed by atoms with E-state index < -0.39 is 0 Å². The van der Waals surface area contributed by atoms with Crippen molar-refractivity contribution in [3.05, 3.63) is 29.8 Å². The van der Waals surface area contributed by atoms with Gasteiger partial charge in [-0.05, 0) is 38.3 Å². The van der Waals surface area contributed by atoms with E-state index in [1.54, 1.807) is 0 Å². The van der Waals surface area contributed by atoms with E-state index in [1.165, 1.54) is 18.4 Å². The highest BCUT2D eigenvalue weighted by molar-refractivity contribution is 5.36. The maximum absolute atomic E-state index is 5.77. The summed E-state index contributed by atoms with van der Waals surface area (Å²) in [6.07, 6.45) is 3.55. The number of benzene rings is 1. The van der Waals surface area contributed by atoms with E-state index in [-0.39, 0.29) is 0 Å². The van der Waals surface area contributed by atoms with Gasteiger partial charge in [-0.15, -0.1) is 0 Å². The predicted molar refractivity (Wildman–Crippen MR) is 82.7 cm³/mol. The molecule has 0 radical (unpaired) electrons. The van der Waals surface area contributed by atoms with E-state index in [4.69, 9.17) is 4.74 Å². The predicted octanol–water partition coefficient (Wildman–Crippen LogP) is 4.56. The standard InChI is InChI=1S/C17H29NO/c1-5-12-18-16(13-14(4)6-2)15-10-8-9-11-17(15)19-7-3/h8-11,14,16,18H,5-7,12-13H2,1-4H3. The number of rotatable bonds is 9. The van der Waals surface area contributed by atoms with E-state index in [2.05, 4.69) is 50.4 Å². The molecule has 0 fully saturated rings. The minimum Gasteiger partial charge on any atom is -0.494 e. The number of para-hydroxylation sites is 1. The van der Waals surface area contributed by atoms with Gasteiger partial charge < -0.3 is 10.1 Å². The van der Waals surface area contributed by atoms with Crippen molar-refractivity contribution in [3.63, 3.8) is 0 Å². The monoisotopic (exact) mass is 263 g/mol. The summed E-state index contributed by atoms with van der Waals surface area (Å²) < 4.78 is 5.77. The van der Waals surface area contributed by atoms with Crippen LogP contribution in [0.4, 0.5) is 0 Å². The van der Waals surface area contributed by atoms with Crippen molar-refractivity contribution in [1.82, 2.24) is 5.32 Å². The Labute approximate surface area is 118 Å². The maximum atomic E-state index is 5.77. The Balaban J connectivity index is 2.88. The lowest BCUT2D eigenvalue weighted by Gasteiger charge is -2.24. The molecule has 0 aliphatic heterocycles. The fraction of sp³-hybridized carbons (Fsp3) is 0.647. The number of nitrogens with one attached hydrogen (secondary N) is 1. The summed E-state index contributed by atoms with van der Waals surface area (Å²) in [7, 11) is 0. The van der Waals surface area contributed by atoms with Gasteiger partial charge in [0.25, 0.3) is 0 Å². The molecule has 0 amide bonds. The Morgan fingerprint density at radius 3 is 2.53 bits per heavy atom. The van der Waals surface area contributed by atoms with Gasteiger partial charge in [0.05, 0.1) is 6.61 Å². The molecule has 108 valence electrons. The van der Waals surface area contributed by atoms with Crippen LogP contribution < -0.4 is 10.1 Å². The lowest BCUT2D eigenvalue weighted by molar-refractivity contribution is 0.324. The molecule has 0 aliphatic carbocycles. The van der Waals surface area contributed by atoms with E-state index in [1.807, 2.05) is 6.92 Å². The molecule has 1 rings (SSSR count). The van der Waals surface area contributed by atoms with Crippen LogP contribution in [0.3, 0.4) is 0 Å². The summed E-state index contributed by atoms with van der Waals surface area (Å²) in [4.78, 5) is 0. The van der Waals surface area contributed by atoms with Gasteiger partial charge in [-0.2, -0.15) is 0 Å². The normalized spacial score (nSPS) is 14.1. The first-order valence-corrected chi connectivity index (χ1v) is 7.67. The van der Waals surface area contributed by atoms with Crippen molar-refractivity contribution in [2.45, 2.75) is 53.0 Å². The topological polar surface area (TPSA) is 21.3 Å². The third-order valence-corrected chi connectivity index (χ3v) is 3.57. The summed E-state index contributed by atoms with van der Waals surface area (Å²) >= 11 is 0. The zero-order chi connectivity index (χ0) is 14.1. The van der Waals surface area contributed by atoms with Crippen LogP contribution in [0.15, 0.2) is 24.3 Å². The van der Waals surface area contributed by atoms with Crippen LogP contribution in [0.1, 0.15) is 58.6 Å². The first kappa shape index (κ1) is 16.0. The van der Waals surface area contributed by atoms with Crippen LogP contribution in [-0.4, -0.2) is 13.2 Å². The third kappa shape index (κ3) is 5.23. The fourth-order valence-corrected chi connectivity index (χ4v) is 2.26. The zero-order valence-corrected chi connectivity index (χ0v) is 12.9. The van der Waals surface area contributed by atoms with Crippen molar-refractivity contribution >= 4 is 0 Å². The van der Waals surface area contributed by atoms with Crippen molar-refractivity contribution in [2.24, 2.45) is 5.92 Å². The number of hydrogen-bond donors (Lipinski definition) is 1. The van der Waals surface area contributed by atoms with Crippen LogP contribution in [0, 0.1) is 5.92 Å². The smallest absolute Gasteiger partial charge is 0.124 e. The van der Waals surface area contributed by atoms with Crippen molar-refractivity contribution in [1.29, 1.82) is 0 Å². The Hall–Kier alpha value is -1.02. The second-order valence-corrected chi connectivity index (χ2v) is 5.23. The average Bonchev–Trinajstić information content (AvgIpc) is 2.44. The third-order valence-electron chi connectivity index (χ3n) is 3.57. The highest BCUT2D eigenvalue weighted by atomic mass is 16.5. The van der Waals surface area contributed by atoms with Gasteiger partial charge in [-0.3, -0.25) is 0 Å². The zero-order valence-electron chi connectivity index (χ0n) is 12.9. The minimum atomic E-state index is 0.401. The molecular weight excluding hydrogens is 234 g/mol. The highest BCUT2D eigenvalue weighted by Crippen LogP contribution is 2.30. The molecule has 0 saturated carbocycles. The summed E-state index contributed by atoms with van der Waals surface area (Å²) in [5.74, 6) is 1.76.